The first-order valence-corrected chi connectivity index (χ1v) is 9.01. The van der Waals surface area contributed by atoms with Gasteiger partial charge in [-0.05, 0) is 38.5 Å². The topological polar surface area (TPSA) is 70.6 Å². The summed E-state index contributed by atoms with van der Waals surface area (Å²) in [4.78, 5) is 4.38. The Morgan fingerprint density at radius 3 is 2.32 bits per heavy atom. The number of nitrogens with zero attached hydrogens (tertiary/aromatic N) is 1. The number of hydrogen-bond donors (Lipinski definition) is 2. The van der Waals surface area contributed by atoms with Crippen LogP contribution in [0.25, 0.3) is 0 Å². The summed E-state index contributed by atoms with van der Waals surface area (Å²) in [6.45, 7) is 6.55. The van der Waals surface area contributed by atoms with E-state index in [1.807, 2.05) is 6.92 Å². The highest BCUT2D eigenvalue weighted by molar-refractivity contribution is 7.92. The lowest BCUT2D eigenvalue weighted by Crippen LogP contribution is -2.47. The molecule has 5 nitrogen and oxygen atoms in total. The minimum Gasteiger partial charge on any atom is -0.357 e. The molecule has 1 aromatic carbocycles. The average Bonchev–Trinajstić information content (AvgIpc) is 2.42. The van der Waals surface area contributed by atoms with Crippen molar-refractivity contribution >= 4 is 15.8 Å². The molecular weight excluding hydrogens is 305 g/mol. The highest BCUT2D eigenvalue weighted by atomic mass is 32.2. The fourth-order valence-electron chi connectivity index (χ4n) is 1.53. The largest absolute Gasteiger partial charge is 0.357 e. The number of hydrogen-bond acceptors (Lipinski definition) is 3. The number of nitrogens with one attached hydrogen (secondary N) is 2. The first-order valence-electron chi connectivity index (χ1n) is 7.12. The molecule has 0 aliphatic carbocycles. The first-order chi connectivity index (χ1) is 10.2. The first kappa shape index (κ1) is 18.4. The lowest BCUT2D eigenvalue weighted by molar-refractivity contribution is 0.544. The van der Waals surface area contributed by atoms with Crippen LogP contribution >= 0.6 is 0 Å². The lowest BCUT2D eigenvalue weighted by Gasteiger charge is -2.24. The van der Waals surface area contributed by atoms with Crippen molar-refractivity contribution in [2.75, 3.05) is 19.3 Å². The zero-order valence-corrected chi connectivity index (χ0v) is 14.3. The number of sulfone groups is 1. The highest BCUT2D eigenvalue weighted by Crippen LogP contribution is 2.13. The summed E-state index contributed by atoms with van der Waals surface area (Å²) in [7, 11) is -3.17. The van der Waals surface area contributed by atoms with Gasteiger partial charge in [0, 0.05) is 19.3 Å². The Balaban J connectivity index is 2.72. The van der Waals surface area contributed by atoms with E-state index in [1.165, 1.54) is 18.4 Å². The van der Waals surface area contributed by atoms with Gasteiger partial charge >= 0.3 is 0 Å². The molecular formula is C15H24FN3O2S. The van der Waals surface area contributed by atoms with Crippen LogP contribution < -0.4 is 10.6 Å². The van der Waals surface area contributed by atoms with Crippen LogP contribution in [0.15, 0.2) is 29.3 Å². The van der Waals surface area contributed by atoms with E-state index >= 15 is 0 Å². The monoisotopic (exact) mass is 329 g/mol. The second-order valence-electron chi connectivity index (χ2n) is 5.71. The van der Waals surface area contributed by atoms with Crippen molar-refractivity contribution < 1.29 is 12.8 Å². The summed E-state index contributed by atoms with van der Waals surface area (Å²) in [5.41, 5.74) is 0.876. The summed E-state index contributed by atoms with van der Waals surface area (Å²) >= 11 is 0. The van der Waals surface area contributed by atoms with Crippen molar-refractivity contribution in [1.29, 1.82) is 0 Å². The van der Waals surface area contributed by atoms with Crippen molar-refractivity contribution in [2.24, 2.45) is 4.99 Å². The quantitative estimate of drug-likeness (QED) is 0.616. The van der Waals surface area contributed by atoms with Crippen LogP contribution in [0.4, 0.5) is 4.39 Å². The molecule has 0 saturated heterocycles. The van der Waals surface area contributed by atoms with Crippen molar-refractivity contribution in [3.05, 3.63) is 35.6 Å². The fraction of sp³-hybridized carbons (Fsp3) is 0.533. The van der Waals surface area contributed by atoms with E-state index in [0.29, 0.717) is 19.0 Å². The zero-order valence-electron chi connectivity index (χ0n) is 13.5. The molecule has 0 aromatic heterocycles. The lowest BCUT2D eigenvalue weighted by atomic mass is 10.2. The number of benzene rings is 1. The van der Waals surface area contributed by atoms with Gasteiger partial charge in [0.25, 0.3) is 0 Å². The maximum Gasteiger partial charge on any atom is 0.191 e. The van der Waals surface area contributed by atoms with E-state index in [4.69, 9.17) is 0 Å². The molecule has 1 rings (SSSR count). The molecule has 0 heterocycles. The third kappa shape index (κ3) is 5.63. The van der Waals surface area contributed by atoms with Gasteiger partial charge in [-0.25, -0.2) is 17.8 Å². The third-order valence-corrected chi connectivity index (χ3v) is 5.51. The molecule has 0 unspecified atom stereocenters. The van der Waals surface area contributed by atoms with Crippen molar-refractivity contribution in [3.63, 3.8) is 0 Å². The Morgan fingerprint density at radius 2 is 1.82 bits per heavy atom. The van der Waals surface area contributed by atoms with Crippen molar-refractivity contribution in [1.82, 2.24) is 10.6 Å². The van der Waals surface area contributed by atoms with Crippen LogP contribution in [0, 0.1) is 5.82 Å². The molecule has 0 bridgehead atoms. The summed E-state index contributed by atoms with van der Waals surface area (Å²) < 4.78 is 35.4. The molecule has 0 aliphatic rings. The minimum absolute atomic E-state index is 0.251. The molecule has 0 amide bonds. The van der Waals surface area contributed by atoms with Crippen LogP contribution in [0.5, 0.6) is 0 Å². The van der Waals surface area contributed by atoms with Crippen molar-refractivity contribution in [3.8, 4) is 0 Å². The molecule has 0 saturated carbocycles. The molecule has 0 spiro atoms. The van der Waals surface area contributed by atoms with Crippen LogP contribution in [0.3, 0.4) is 0 Å². The fourth-order valence-corrected chi connectivity index (χ4v) is 1.86. The van der Waals surface area contributed by atoms with Gasteiger partial charge in [0.05, 0.1) is 11.3 Å². The SMILES string of the molecule is CCNC(=NCc1ccc(F)cc1)NCC(C)(C)S(C)(=O)=O. The van der Waals surface area contributed by atoms with E-state index in [0.717, 1.165) is 5.56 Å². The van der Waals surface area contributed by atoms with Gasteiger partial charge in [-0.2, -0.15) is 0 Å². The maximum absolute atomic E-state index is 12.9. The minimum atomic E-state index is -3.17. The highest BCUT2D eigenvalue weighted by Gasteiger charge is 2.30. The molecule has 124 valence electrons. The summed E-state index contributed by atoms with van der Waals surface area (Å²) in [5.74, 6) is 0.246. The Morgan fingerprint density at radius 1 is 1.23 bits per heavy atom. The summed E-state index contributed by atoms with van der Waals surface area (Å²) in [6.07, 6.45) is 1.22. The summed E-state index contributed by atoms with van der Waals surface area (Å²) in [6, 6.07) is 6.11. The van der Waals surface area contributed by atoms with E-state index in [9.17, 15) is 12.8 Å². The predicted molar refractivity (Wildman–Crippen MR) is 88.1 cm³/mol. The van der Waals surface area contributed by atoms with Gasteiger partial charge < -0.3 is 10.6 Å². The Kier molecular flexibility index (Phi) is 6.34. The maximum atomic E-state index is 12.9. The zero-order chi connectivity index (χ0) is 16.8. The standard InChI is InChI=1S/C15H24FN3O2S/c1-5-17-14(19-11-15(2,3)22(4,20)21)18-10-12-6-8-13(16)9-7-12/h6-9H,5,10-11H2,1-4H3,(H2,17,18,19). The number of rotatable bonds is 6. The normalized spacial score (nSPS) is 13.0. The Labute approximate surface area is 132 Å². The number of aliphatic imine (C=N–C) groups is 1. The van der Waals surface area contributed by atoms with Gasteiger partial charge in [0.2, 0.25) is 0 Å². The van der Waals surface area contributed by atoms with Crippen LogP contribution in [-0.2, 0) is 16.4 Å². The predicted octanol–water partition coefficient (Wildman–Crippen LogP) is 1.70. The van der Waals surface area contributed by atoms with E-state index < -0.39 is 14.6 Å². The third-order valence-electron chi connectivity index (χ3n) is 3.36. The van der Waals surface area contributed by atoms with Crippen LogP contribution in [0.1, 0.15) is 26.3 Å². The Bertz CT molecular complexity index is 610. The van der Waals surface area contributed by atoms with Crippen LogP contribution in [0.2, 0.25) is 0 Å². The van der Waals surface area contributed by atoms with E-state index in [1.54, 1.807) is 26.0 Å². The van der Waals surface area contributed by atoms with E-state index in [-0.39, 0.29) is 12.4 Å². The number of halogens is 1. The molecule has 22 heavy (non-hydrogen) atoms. The van der Waals surface area contributed by atoms with Gasteiger partial charge in [-0.3, -0.25) is 0 Å². The van der Waals surface area contributed by atoms with Gasteiger partial charge in [0.1, 0.15) is 5.82 Å². The molecule has 2 N–H and O–H groups in total. The van der Waals surface area contributed by atoms with Gasteiger partial charge in [-0.15, -0.1) is 0 Å². The second kappa shape index (κ2) is 7.58. The van der Waals surface area contributed by atoms with Gasteiger partial charge in [0.15, 0.2) is 15.8 Å². The van der Waals surface area contributed by atoms with Gasteiger partial charge in [-0.1, -0.05) is 12.1 Å². The van der Waals surface area contributed by atoms with Crippen LogP contribution in [-0.4, -0.2) is 38.5 Å². The molecule has 7 heteroatoms. The molecule has 0 radical (unpaired) electrons. The van der Waals surface area contributed by atoms with E-state index in [2.05, 4.69) is 15.6 Å². The second-order valence-corrected chi connectivity index (χ2v) is 8.36. The Hall–Kier alpha value is -1.63. The molecule has 0 fully saturated rings. The molecule has 0 atom stereocenters. The number of guanidine groups is 1. The average molecular weight is 329 g/mol. The molecule has 0 aliphatic heterocycles. The smallest absolute Gasteiger partial charge is 0.191 e. The van der Waals surface area contributed by atoms with Crippen molar-refractivity contribution in [2.45, 2.75) is 32.1 Å². The summed E-state index contributed by atoms with van der Waals surface area (Å²) in [5, 5.41) is 6.09. The molecule has 1 aromatic rings.